The predicted molar refractivity (Wildman–Crippen MR) is 78.3 cm³/mol. The maximum absolute atomic E-state index is 5.87. The number of rotatable bonds is 2. The molecular formula is C12H9BrCl2N2. The van der Waals surface area contributed by atoms with Gasteiger partial charge in [0.1, 0.15) is 0 Å². The van der Waals surface area contributed by atoms with Gasteiger partial charge in [0.05, 0.1) is 17.1 Å². The lowest BCUT2D eigenvalue weighted by Crippen LogP contribution is -1.96. The van der Waals surface area contributed by atoms with Gasteiger partial charge < -0.3 is 11.1 Å². The fourth-order valence-electron chi connectivity index (χ4n) is 1.38. The van der Waals surface area contributed by atoms with Crippen LogP contribution in [0.3, 0.4) is 0 Å². The molecule has 88 valence electrons. The van der Waals surface area contributed by atoms with Gasteiger partial charge in [0, 0.05) is 14.5 Å². The average molecular weight is 332 g/mol. The second-order valence-corrected chi connectivity index (χ2v) is 5.21. The zero-order valence-corrected chi connectivity index (χ0v) is 11.8. The van der Waals surface area contributed by atoms with Gasteiger partial charge >= 0.3 is 0 Å². The van der Waals surface area contributed by atoms with Crippen LogP contribution in [0.5, 0.6) is 0 Å². The van der Waals surface area contributed by atoms with Crippen LogP contribution in [0.25, 0.3) is 0 Å². The molecule has 2 rings (SSSR count). The summed E-state index contributed by atoms with van der Waals surface area (Å²) in [4.78, 5) is 0. The van der Waals surface area contributed by atoms with E-state index in [1.165, 1.54) is 0 Å². The van der Waals surface area contributed by atoms with E-state index in [1.807, 2.05) is 18.2 Å². The number of hydrogen-bond acceptors (Lipinski definition) is 2. The summed E-state index contributed by atoms with van der Waals surface area (Å²) < 4.78 is 0.874. The molecule has 0 fully saturated rings. The number of nitrogen functional groups attached to an aromatic ring is 1. The fourth-order valence-corrected chi connectivity index (χ4v) is 2.35. The topological polar surface area (TPSA) is 38.0 Å². The maximum Gasteiger partial charge on any atom is 0.0619 e. The SMILES string of the molecule is Nc1cc(Cl)ccc1Nc1ccc(Cl)cc1Br. The van der Waals surface area contributed by atoms with E-state index in [2.05, 4.69) is 21.2 Å². The van der Waals surface area contributed by atoms with Crippen LogP contribution in [-0.2, 0) is 0 Å². The maximum atomic E-state index is 5.87. The summed E-state index contributed by atoms with van der Waals surface area (Å²) >= 11 is 15.1. The van der Waals surface area contributed by atoms with Crippen LogP contribution < -0.4 is 11.1 Å². The van der Waals surface area contributed by atoms with Crippen molar-refractivity contribution >= 4 is 56.2 Å². The lowest BCUT2D eigenvalue weighted by atomic mass is 10.2. The van der Waals surface area contributed by atoms with Crippen molar-refractivity contribution in [3.63, 3.8) is 0 Å². The molecule has 0 atom stereocenters. The smallest absolute Gasteiger partial charge is 0.0619 e. The number of halogens is 3. The third-order valence-corrected chi connectivity index (χ3v) is 3.34. The van der Waals surface area contributed by atoms with E-state index in [9.17, 15) is 0 Å². The van der Waals surface area contributed by atoms with Crippen molar-refractivity contribution in [2.45, 2.75) is 0 Å². The molecule has 3 N–H and O–H groups in total. The number of hydrogen-bond donors (Lipinski definition) is 2. The molecule has 0 amide bonds. The highest BCUT2D eigenvalue weighted by atomic mass is 79.9. The molecule has 2 aromatic carbocycles. The molecule has 0 bridgehead atoms. The Labute approximate surface area is 118 Å². The Kier molecular flexibility index (Phi) is 3.82. The van der Waals surface area contributed by atoms with Crippen molar-refractivity contribution in [2.75, 3.05) is 11.1 Å². The van der Waals surface area contributed by atoms with Gasteiger partial charge in [-0.1, -0.05) is 23.2 Å². The fraction of sp³-hybridized carbons (Fsp3) is 0. The van der Waals surface area contributed by atoms with E-state index in [1.54, 1.807) is 18.2 Å². The number of anilines is 3. The van der Waals surface area contributed by atoms with Crippen LogP contribution >= 0.6 is 39.1 Å². The first-order chi connectivity index (χ1) is 8.06. The zero-order valence-electron chi connectivity index (χ0n) is 8.68. The molecule has 17 heavy (non-hydrogen) atoms. The highest BCUT2D eigenvalue weighted by Crippen LogP contribution is 2.31. The quantitative estimate of drug-likeness (QED) is 0.753. The third-order valence-electron chi connectivity index (χ3n) is 2.21. The van der Waals surface area contributed by atoms with Crippen LogP contribution in [0.1, 0.15) is 0 Å². The Morgan fingerprint density at radius 3 is 2.12 bits per heavy atom. The van der Waals surface area contributed by atoms with Crippen LogP contribution in [0.2, 0.25) is 10.0 Å². The standard InChI is InChI=1S/C12H9BrCl2N2/c13-9-5-7(14)1-3-11(9)17-12-4-2-8(15)6-10(12)16/h1-6,17H,16H2. The molecule has 0 radical (unpaired) electrons. The van der Waals surface area contributed by atoms with Gasteiger partial charge in [-0.3, -0.25) is 0 Å². The van der Waals surface area contributed by atoms with Crippen LogP contribution in [-0.4, -0.2) is 0 Å². The summed E-state index contributed by atoms with van der Waals surface area (Å²) in [5, 5.41) is 4.49. The molecule has 2 nitrogen and oxygen atoms in total. The summed E-state index contributed by atoms with van der Waals surface area (Å²) in [6.07, 6.45) is 0. The van der Waals surface area contributed by atoms with Gasteiger partial charge in [-0.15, -0.1) is 0 Å². The lowest BCUT2D eigenvalue weighted by molar-refractivity contribution is 1.52. The van der Waals surface area contributed by atoms with E-state index in [0.29, 0.717) is 15.7 Å². The second kappa shape index (κ2) is 5.17. The summed E-state index contributed by atoms with van der Waals surface area (Å²) in [5.74, 6) is 0. The molecule has 0 heterocycles. The number of nitrogens with two attached hydrogens (primary N) is 1. The number of benzene rings is 2. The van der Waals surface area contributed by atoms with Crippen molar-refractivity contribution in [3.05, 3.63) is 50.9 Å². The Balaban J connectivity index is 2.31. The van der Waals surface area contributed by atoms with Crippen LogP contribution in [0.4, 0.5) is 17.1 Å². The minimum Gasteiger partial charge on any atom is -0.397 e. The first kappa shape index (κ1) is 12.6. The minimum atomic E-state index is 0.597. The molecule has 2 aromatic rings. The first-order valence-electron chi connectivity index (χ1n) is 4.83. The van der Waals surface area contributed by atoms with E-state index in [4.69, 9.17) is 28.9 Å². The van der Waals surface area contributed by atoms with E-state index >= 15 is 0 Å². The highest BCUT2D eigenvalue weighted by Gasteiger charge is 2.04. The molecule has 0 unspecified atom stereocenters. The molecule has 0 spiro atoms. The second-order valence-electron chi connectivity index (χ2n) is 3.48. The average Bonchev–Trinajstić information content (AvgIpc) is 2.25. The van der Waals surface area contributed by atoms with Crippen LogP contribution in [0.15, 0.2) is 40.9 Å². The molecule has 0 saturated carbocycles. The number of nitrogens with one attached hydrogen (secondary N) is 1. The van der Waals surface area contributed by atoms with Crippen molar-refractivity contribution in [2.24, 2.45) is 0 Å². The van der Waals surface area contributed by atoms with E-state index in [-0.39, 0.29) is 0 Å². The Hall–Kier alpha value is -0.900. The third kappa shape index (κ3) is 3.06. The highest BCUT2D eigenvalue weighted by molar-refractivity contribution is 9.10. The first-order valence-corrected chi connectivity index (χ1v) is 6.38. The molecule has 0 saturated heterocycles. The minimum absolute atomic E-state index is 0.597. The van der Waals surface area contributed by atoms with E-state index < -0.39 is 0 Å². The van der Waals surface area contributed by atoms with Crippen molar-refractivity contribution in [3.8, 4) is 0 Å². The Morgan fingerprint density at radius 2 is 1.53 bits per heavy atom. The lowest BCUT2D eigenvalue weighted by Gasteiger charge is -2.11. The van der Waals surface area contributed by atoms with Gasteiger partial charge in [0.25, 0.3) is 0 Å². The summed E-state index contributed by atoms with van der Waals surface area (Å²) in [6, 6.07) is 10.8. The van der Waals surface area contributed by atoms with Crippen molar-refractivity contribution in [1.82, 2.24) is 0 Å². The van der Waals surface area contributed by atoms with Gasteiger partial charge in [0.2, 0.25) is 0 Å². The predicted octanol–water partition coefficient (Wildman–Crippen LogP) is 5.08. The van der Waals surface area contributed by atoms with Gasteiger partial charge in [-0.05, 0) is 52.3 Å². The Bertz CT molecular complexity index is 509. The molecule has 0 aliphatic rings. The van der Waals surface area contributed by atoms with Crippen molar-refractivity contribution < 1.29 is 0 Å². The van der Waals surface area contributed by atoms with E-state index in [0.717, 1.165) is 15.8 Å². The summed E-state index contributed by atoms with van der Waals surface area (Å²) in [6.45, 7) is 0. The molecular weight excluding hydrogens is 323 g/mol. The normalized spacial score (nSPS) is 10.3. The van der Waals surface area contributed by atoms with Crippen molar-refractivity contribution in [1.29, 1.82) is 0 Å². The monoisotopic (exact) mass is 330 g/mol. The summed E-state index contributed by atoms with van der Waals surface area (Å²) in [5.41, 5.74) is 8.15. The molecule has 0 aliphatic carbocycles. The zero-order chi connectivity index (χ0) is 12.4. The Morgan fingerprint density at radius 1 is 0.941 bits per heavy atom. The largest absolute Gasteiger partial charge is 0.397 e. The molecule has 0 aromatic heterocycles. The van der Waals surface area contributed by atoms with Crippen LogP contribution in [0, 0.1) is 0 Å². The van der Waals surface area contributed by atoms with Gasteiger partial charge in [-0.25, -0.2) is 0 Å². The molecule has 5 heteroatoms. The molecule has 0 aliphatic heterocycles. The van der Waals surface area contributed by atoms with Gasteiger partial charge in [0.15, 0.2) is 0 Å². The van der Waals surface area contributed by atoms with Gasteiger partial charge in [-0.2, -0.15) is 0 Å². The summed E-state index contributed by atoms with van der Waals surface area (Å²) in [7, 11) is 0.